The van der Waals surface area contributed by atoms with E-state index in [1.807, 2.05) is 0 Å². The molecule has 18 heavy (non-hydrogen) atoms. The van der Waals surface area contributed by atoms with Gasteiger partial charge in [-0.15, -0.1) is 0 Å². The highest BCUT2D eigenvalue weighted by Crippen LogP contribution is 2.27. The quantitative estimate of drug-likeness (QED) is 0.622. The predicted octanol–water partition coefficient (Wildman–Crippen LogP) is 5.09. The van der Waals surface area contributed by atoms with Crippen molar-refractivity contribution < 1.29 is 43.9 Å². The predicted molar refractivity (Wildman–Crippen MR) is 42.2 cm³/mol. The van der Waals surface area contributed by atoms with Crippen molar-refractivity contribution >= 4 is 0 Å². The second-order valence-electron chi connectivity index (χ2n) is 2.70. The van der Waals surface area contributed by atoms with Gasteiger partial charge in [0.05, 0.1) is 6.42 Å². The zero-order valence-corrected chi connectivity index (χ0v) is 8.35. The van der Waals surface area contributed by atoms with Crippen LogP contribution in [0.15, 0.2) is 24.6 Å². The first-order valence-electron chi connectivity index (χ1n) is 3.87. The van der Waals surface area contributed by atoms with Crippen molar-refractivity contribution in [2.24, 2.45) is 0 Å². The van der Waals surface area contributed by atoms with E-state index < -0.39 is 42.9 Å². The fraction of sp³-hybridized carbons (Fsp3) is 0.500. The Morgan fingerprint density at radius 2 is 1.44 bits per heavy atom. The fourth-order valence-corrected chi connectivity index (χ4v) is 0.408. The number of hydrogen-bond acceptors (Lipinski definition) is 0. The molecule has 10 heteroatoms. The van der Waals surface area contributed by atoms with Gasteiger partial charge in [-0.3, -0.25) is 0 Å². The highest BCUT2D eigenvalue weighted by molar-refractivity contribution is 4.94. The van der Waals surface area contributed by atoms with Gasteiger partial charge in [-0.25, -0.2) is 17.6 Å². The maximum Gasteiger partial charge on any atom is 0.426 e. The van der Waals surface area contributed by atoms with Gasteiger partial charge >= 0.3 is 12.4 Å². The summed E-state index contributed by atoms with van der Waals surface area (Å²) in [5.74, 6) is -3.81. The third-order valence-corrected chi connectivity index (χ3v) is 1.05. The van der Waals surface area contributed by atoms with Crippen LogP contribution in [0.25, 0.3) is 0 Å². The molecule has 0 aromatic rings. The molecule has 0 spiro atoms. The first-order valence-corrected chi connectivity index (χ1v) is 3.87. The van der Waals surface area contributed by atoms with Crippen molar-refractivity contribution in [3.8, 4) is 0 Å². The minimum absolute atomic E-state index is 0.701. The molecule has 0 aliphatic rings. The number of halogens is 10. The van der Waals surface area contributed by atoms with Gasteiger partial charge in [-0.1, -0.05) is 6.58 Å². The molecule has 0 saturated carbocycles. The van der Waals surface area contributed by atoms with E-state index in [2.05, 4.69) is 6.58 Å². The molecule has 0 aromatic heterocycles. The van der Waals surface area contributed by atoms with Crippen LogP contribution in [0.2, 0.25) is 0 Å². The van der Waals surface area contributed by atoms with Gasteiger partial charge in [0.1, 0.15) is 18.0 Å². The number of alkyl halides is 7. The van der Waals surface area contributed by atoms with Gasteiger partial charge < -0.3 is 0 Å². The topological polar surface area (TPSA) is 0 Å². The van der Waals surface area contributed by atoms with Gasteiger partial charge in [-0.05, 0) is 0 Å². The van der Waals surface area contributed by atoms with E-state index >= 15 is 0 Å². The number of hydrogen-bond donors (Lipinski definition) is 0. The lowest BCUT2D eigenvalue weighted by Crippen LogP contribution is -2.24. The molecule has 0 N–H and O–H groups in total. The molecule has 0 aliphatic carbocycles. The van der Waals surface area contributed by atoms with Crippen LogP contribution >= 0.6 is 0 Å². The lowest BCUT2D eigenvalue weighted by molar-refractivity contribution is -0.173. The zero-order chi connectivity index (χ0) is 15.1. The van der Waals surface area contributed by atoms with Crippen molar-refractivity contribution in [1.82, 2.24) is 0 Å². The summed E-state index contributed by atoms with van der Waals surface area (Å²) >= 11 is 0. The smallest absolute Gasteiger partial charge is 0.230 e. The summed E-state index contributed by atoms with van der Waals surface area (Å²) in [4.78, 5) is 0. The standard InChI is InChI=1S/2C4H3F5/c5-2-3(6)1-4(7,8)9;1-2(5)3(6)4(7,8)9/h2H,1H2;3H,1H2/b3-2+;. The second kappa shape index (κ2) is 7.27. The number of rotatable bonds is 2. The van der Waals surface area contributed by atoms with Crippen LogP contribution in [0.3, 0.4) is 0 Å². The van der Waals surface area contributed by atoms with Crippen LogP contribution in [0.4, 0.5) is 43.9 Å². The Kier molecular flexibility index (Phi) is 7.72. The van der Waals surface area contributed by atoms with E-state index in [1.54, 1.807) is 0 Å². The highest BCUT2D eigenvalue weighted by Gasteiger charge is 2.42. The SMILES string of the molecule is C=C(F)C(F)C(F)(F)F.F/C=C(/F)CC(F)(F)F. The van der Waals surface area contributed by atoms with Gasteiger partial charge in [0.25, 0.3) is 0 Å². The molecule has 0 heterocycles. The Hall–Kier alpha value is -1.22. The lowest BCUT2D eigenvalue weighted by atomic mass is 10.3. The highest BCUT2D eigenvalue weighted by atomic mass is 19.4. The van der Waals surface area contributed by atoms with Gasteiger partial charge in [-0.2, -0.15) is 26.3 Å². The van der Waals surface area contributed by atoms with Crippen LogP contribution < -0.4 is 0 Å². The molecule has 0 aromatic carbocycles. The monoisotopic (exact) mass is 292 g/mol. The van der Waals surface area contributed by atoms with Crippen molar-refractivity contribution in [2.45, 2.75) is 24.9 Å². The van der Waals surface area contributed by atoms with E-state index in [-0.39, 0.29) is 0 Å². The Labute approximate surface area is 94.6 Å². The molecule has 108 valence electrons. The third-order valence-electron chi connectivity index (χ3n) is 1.05. The molecular formula is C8H6F10. The van der Waals surface area contributed by atoms with E-state index in [9.17, 15) is 43.9 Å². The van der Waals surface area contributed by atoms with Crippen molar-refractivity contribution in [3.05, 3.63) is 24.6 Å². The first-order chi connectivity index (χ1) is 7.81. The van der Waals surface area contributed by atoms with E-state index in [0.717, 1.165) is 0 Å². The van der Waals surface area contributed by atoms with Crippen LogP contribution in [0.5, 0.6) is 0 Å². The maximum atomic E-state index is 11.4. The summed E-state index contributed by atoms with van der Waals surface area (Å²) in [7, 11) is 0. The average Bonchev–Trinajstić information content (AvgIpc) is 2.13. The fourth-order valence-electron chi connectivity index (χ4n) is 0.408. The third kappa shape index (κ3) is 11.3. The molecule has 0 aliphatic heterocycles. The molecule has 0 amide bonds. The summed E-state index contributed by atoms with van der Waals surface area (Å²) in [6.45, 7) is 2.16. The summed E-state index contributed by atoms with van der Waals surface area (Å²) < 4.78 is 111. The Morgan fingerprint density at radius 3 is 1.50 bits per heavy atom. The molecule has 0 rings (SSSR count). The van der Waals surface area contributed by atoms with Crippen LogP contribution in [0, 0.1) is 0 Å². The summed E-state index contributed by atoms with van der Waals surface area (Å²) in [6.07, 6.45) is -15.9. The maximum absolute atomic E-state index is 11.4. The van der Waals surface area contributed by atoms with Crippen LogP contribution in [-0.2, 0) is 0 Å². The summed E-state index contributed by atoms with van der Waals surface area (Å²) in [6, 6.07) is 0. The molecule has 1 atom stereocenters. The second-order valence-corrected chi connectivity index (χ2v) is 2.70. The lowest BCUT2D eigenvalue weighted by Gasteiger charge is -2.07. The van der Waals surface area contributed by atoms with Crippen LogP contribution in [0.1, 0.15) is 6.42 Å². The van der Waals surface area contributed by atoms with Gasteiger partial charge in [0.2, 0.25) is 6.17 Å². The summed E-state index contributed by atoms with van der Waals surface area (Å²) in [5.41, 5.74) is 0. The van der Waals surface area contributed by atoms with Crippen molar-refractivity contribution in [3.63, 3.8) is 0 Å². The normalized spacial score (nSPS) is 14.7. The average molecular weight is 292 g/mol. The van der Waals surface area contributed by atoms with Gasteiger partial charge in [0.15, 0.2) is 0 Å². The Morgan fingerprint density at radius 1 is 1.06 bits per heavy atom. The molecule has 0 fully saturated rings. The van der Waals surface area contributed by atoms with Crippen molar-refractivity contribution in [1.29, 1.82) is 0 Å². The van der Waals surface area contributed by atoms with Gasteiger partial charge in [0, 0.05) is 0 Å². The number of allylic oxidation sites excluding steroid dienone is 2. The van der Waals surface area contributed by atoms with E-state index in [0.29, 0.717) is 0 Å². The molecule has 1 unspecified atom stereocenters. The Bertz CT molecular complexity index is 283. The molecular weight excluding hydrogens is 286 g/mol. The molecule has 0 saturated heterocycles. The Balaban J connectivity index is 0. The molecule has 0 bridgehead atoms. The van der Waals surface area contributed by atoms with E-state index in [1.165, 1.54) is 0 Å². The van der Waals surface area contributed by atoms with Crippen molar-refractivity contribution in [2.75, 3.05) is 0 Å². The molecule has 0 nitrogen and oxygen atoms in total. The van der Waals surface area contributed by atoms with Crippen LogP contribution in [-0.4, -0.2) is 18.5 Å². The van der Waals surface area contributed by atoms with E-state index in [4.69, 9.17) is 0 Å². The summed E-state index contributed by atoms with van der Waals surface area (Å²) in [5, 5.41) is 0. The molecule has 0 radical (unpaired) electrons. The largest absolute Gasteiger partial charge is 0.426 e. The first kappa shape index (κ1) is 19.1. The minimum Gasteiger partial charge on any atom is -0.230 e. The zero-order valence-electron chi connectivity index (χ0n) is 8.35. The minimum atomic E-state index is -5.16.